The number of aromatic nitrogens is 3. The average Bonchev–Trinajstić information content (AvgIpc) is 3.14. The number of pyridine rings is 3. The molecule has 1 aliphatic heterocycles. The molecule has 0 saturated heterocycles. The number of allylic oxidation sites excluding steroid dienone is 2. The summed E-state index contributed by atoms with van der Waals surface area (Å²) in [5.74, 6) is 3.59. The number of rotatable bonds is 9. The second-order valence-electron chi connectivity index (χ2n) is 10.7. The highest BCUT2D eigenvalue weighted by molar-refractivity contribution is 14.1. The van der Waals surface area contributed by atoms with E-state index in [1.54, 1.807) is 24.5 Å². The number of alkyl halides is 2. The van der Waals surface area contributed by atoms with E-state index in [2.05, 4.69) is 157 Å². The van der Waals surface area contributed by atoms with Crippen molar-refractivity contribution in [1.82, 2.24) is 20.3 Å². The summed E-state index contributed by atoms with van der Waals surface area (Å²) in [7, 11) is 0. The third kappa shape index (κ3) is 38.0. The summed E-state index contributed by atoms with van der Waals surface area (Å²) in [6.45, 7) is 16.3. The second-order valence-corrected chi connectivity index (χ2v) is 16.8. The van der Waals surface area contributed by atoms with Gasteiger partial charge in [0.05, 0.1) is 42.4 Å². The summed E-state index contributed by atoms with van der Waals surface area (Å²) in [5.41, 5.74) is 4.70. The Bertz CT molecular complexity index is 1520. The van der Waals surface area contributed by atoms with E-state index >= 15 is 0 Å². The largest absolute Gasteiger partial charge is 0.506 e. The predicted molar refractivity (Wildman–Crippen MR) is 288 cm³/mol. The molecule has 3 aromatic heterocycles. The predicted octanol–water partition coefficient (Wildman–Crippen LogP) is 10.5. The Balaban J connectivity index is -0.000000643. The van der Waals surface area contributed by atoms with Crippen molar-refractivity contribution in [2.24, 2.45) is 10.7 Å². The molecule has 3 aromatic rings. The van der Waals surface area contributed by atoms with E-state index in [0.717, 1.165) is 37.9 Å². The first-order chi connectivity index (χ1) is 26.0. The molecule has 0 saturated carbocycles. The minimum Gasteiger partial charge on any atom is -0.506 e. The van der Waals surface area contributed by atoms with Crippen LogP contribution in [0.1, 0.15) is 34.6 Å². The molecule has 14 nitrogen and oxygen atoms in total. The molecule has 56 heavy (non-hydrogen) atoms. The lowest BCUT2D eigenvalue weighted by molar-refractivity contribution is 0.0520. The fourth-order valence-electron chi connectivity index (χ4n) is 2.83. The molecule has 0 aliphatic carbocycles. The summed E-state index contributed by atoms with van der Waals surface area (Å²) in [4.78, 5) is 27.2. The molecule has 0 aromatic carbocycles. The Morgan fingerprint density at radius 2 is 1.80 bits per heavy atom. The van der Waals surface area contributed by atoms with Crippen LogP contribution in [-0.2, 0) is 9.47 Å². The lowest BCUT2D eigenvalue weighted by Crippen LogP contribution is -2.34. The van der Waals surface area contributed by atoms with Gasteiger partial charge < -0.3 is 45.5 Å². The molecular weight excluding hydrogens is 1520 g/mol. The van der Waals surface area contributed by atoms with Crippen molar-refractivity contribution in [2.75, 3.05) is 53.8 Å². The van der Waals surface area contributed by atoms with E-state index in [1.165, 1.54) is 10.6 Å². The van der Waals surface area contributed by atoms with Gasteiger partial charge in [0.15, 0.2) is 11.6 Å². The van der Waals surface area contributed by atoms with Crippen LogP contribution in [0.3, 0.4) is 0 Å². The third-order valence-electron chi connectivity index (χ3n) is 4.90. The minimum atomic E-state index is -0.481. The van der Waals surface area contributed by atoms with Crippen molar-refractivity contribution < 1.29 is 34.0 Å². The van der Waals surface area contributed by atoms with Gasteiger partial charge in [-0.25, -0.2) is 14.8 Å². The maximum absolute atomic E-state index is 11.3. The van der Waals surface area contributed by atoms with Gasteiger partial charge in [0.25, 0.3) is 0 Å². The molecule has 1 aliphatic rings. The molecule has 0 radical (unpaired) electrons. The van der Waals surface area contributed by atoms with E-state index in [4.69, 9.17) is 34.9 Å². The number of aliphatic hydroxyl groups is 1. The molecule has 4 heterocycles. The highest BCUT2D eigenvalue weighted by Gasteiger charge is 2.15. The molecule has 0 atom stereocenters. The van der Waals surface area contributed by atoms with Crippen LogP contribution in [0.25, 0.3) is 0 Å². The maximum Gasteiger partial charge on any atom is 0.407 e. The first-order valence-electron chi connectivity index (χ1n) is 16.2. The number of hydrogen-bond donors (Lipinski definition) is 5. The number of amides is 1. The number of ether oxygens (including phenoxy) is 4. The number of nitrogens with two attached hydrogens (primary N) is 1. The molecule has 6 N–H and O–H groups in total. The zero-order valence-electron chi connectivity index (χ0n) is 31.6. The lowest BCUT2D eigenvalue weighted by Gasteiger charge is -2.19. The second kappa shape index (κ2) is 38.9. The molecule has 0 spiro atoms. The van der Waals surface area contributed by atoms with Crippen molar-refractivity contribution in [3.8, 4) is 17.2 Å². The molecular formula is C35H50I7N7O7. The van der Waals surface area contributed by atoms with E-state index in [-0.39, 0.29) is 35.5 Å². The average molecular weight is 1570 g/mol. The molecule has 0 fully saturated rings. The van der Waals surface area contributed by atoms with Crippen molar-refractivity contribution >= 4 is 175 Å². The van der Waals surface area contributed by atoms with Crippen LogP contribution < -0.4 is 25.8 Å². The number of hydrogen-bond acceptors (Lipinski definition) is 13. The zero-order chi connectivity index (χ0) is 42.1. The third-order valence-corrected chi connectivity index (χ3v) is 8.32. The summed E-state index contributed by atoms with van der Waals surface area (Å²) < 4.78 is 27.2. The molecule has 4 rings (SSSR count). The van der Waals surface area contributed by atoms with Gasteiger partial charge in [-0.15, -0.1) is 24.0 Å². The number of aliphatic hydroxyl groups excluding tert-OH is 1. The van der Waals surface area contributed by atoms with Crippen LogP contribution in [0.15, 0.2) is 82.2 Å². The molecule has 316 valence electrons. The van der Waals surface area contributed by atoms with Crippen LogP contribution in [0.4, 0.5) is 10.6 Å². The fraction of sp³-hybridized carbons (Fsp3) is 0.400. The smallest absolute Gasteiger partial charge is 0.407 e. The highest BCUT2D eigenvalue weighted by atomic mass is 127. The summed E-state index contributed by atoms with van der Waals surface area (Å²) >= 11 is 12.7. The Labute approximate surface area is 429 Å². The Hall–Kier alpha value is -0.260. The standard InChI is InChI=1S/C12H17IN2O3.C7H7IN2O.C5H10INO.C5H5NO.C4H5I2NO.C2H5I.HI/c1-12(2,3)18-11(16)14-6-7-17-9-4-5-10(13)15-8-9;8-6-2-1-5-7(10-6)9-3-4-11-5;1-5(4-6)8-3-2-7;7-5-2-1-3-6-4-5;1-3(8)4(6)7-2-5;1-2-3;/h4-5,8H,6-7H2,1-3H3,(H,14,16);1-2H,3-4H2,(H,9,10);4H,2-3,7H2,1H3;1-4,7H;8H,1-2H2;2H2,1H3;1H/b;;5-4-;;;;. The van der Waals surface area contributed by atoms with Gasteiger partial charge in [-0.1, -0.05) is 58.7 Å². The van der Waals surface area contributed by atoms with Gasteiger partial charge in [-0.2, -0.15) is 0 Å². The number of carbonyl (C=O) groups excluding carboxylic acids is 1. The van der Waals surface area contributed by atoms with Crippen LogP contribution >= 0.6 is 160 Å². The maximum atomic E-state index is 11.3. The van der Waals surface area contributed by atoms with Gasteiger partial charge in [0.1, 0.15) is 47.2 Å². The number of aromatic hydroxyl groups is 1. The van der Waals surface area contributed by atoms with Gasteiger partial charge in [-0.3, -0.25) is 9.98 Å². The Morgan fingerprint density at radius 3 is 2.27 bits per heavy atom. The number of anilines is 1. The number of nitrogens with zero attached hydrogens (tertiary/aromatic N) is 4. The summed E-state index contributed by atoms with van der Waals surface area (Å²) in [6, 6.07) is 10.8. The van der Waals surface area contributed by atoms with E-state index in [1.807, 2.05) is 78.6 Å². The monoisotopic (exact) mass is 1570 g/mol. The molecule has 21 heteroatoms. The lowest BCUT2D eigenvalue weighted by atomic mass is 10.2. The van der Waals surface area contributed by atoms with Crippen LogP contribution in [0.5, 0.6) is 17.2 Å². The van der Waals surface area contributed by atoms with E-state index in [0.29, 0.717) is 40.3 Å². The van der Waals surface area contributed by atoms with Gasteiger partial charge >= 0.3 is 6.09 Å². The molecule has 0 unspecified atom stereocenters. The summed E-state index contributed by atoms with van der Waals surface area (Å²) in [6.07, 6.45) is 4.21. The Kier molecular flexibility index (Phi) is 41.7. The minimum absolute atomic E-state index is 0. The number of carbonyl (C=O) groups is 1. The van der Waals surface area contributed by atoms with E-state index < -0.39 is 11.7 Å². The van der Waals surface area contributed by atoms with Crippen molar-refractivity contribution in [3.05, 3.63) is 84.6 Å². The number of fused-ring (bicyclic) bond motifs is 1. The summed E-state index contributed by atoms with van der Waals surface area (Å²) in [5, 5.41) is 23.0. The van der Waals surface area contributed by atoms with Gasteiger partial charge in [0, 0.05) is 16.8 Å². The number of aliphatic imine (C=N–C) groups is 1. The molecule has 0 bridgehead atoms. The Morgan fingerprint density at radius 1 is 1.14 bits per heavy atom. The van der Waals surface area contributed by atoms with Gasteiger partial charge in [-0.05, 0) is 159 Å². The quantitative estimate of drug-likeness (QED) is 0.0259. The van der Waals surface area contributed by atoms with Crippen LogP contribution in [0, 0.1) is 7.40 Å². The van der Waals surface area contributed by atoms with E-state index in [9.17, 15) is 4.79 Å². The highest BCUT2D eigenvalue weighted by Crippen LogP contribution is 2.25. The SMILES string of the molecule is C/C(=C/I)OCCN.C=C(O)C(I)=NCI.CC(C)(C)OC(=O)NCCOc1ccc(I)nc1.CCI.I.Ic1ccc2c(n1)NCCO2.Oc1cccnc1. The van der Waals surface area contributed by atoms with Crippen molar-refractivity contribution in [2.45, 2.75) is 40.2 Å². The normalized spacial score (nSPS) is 11.1. The van der Waals surface area contributed by atoms with Crippen molar-refractivity contribution in [1.29, 1.82) is 0 Å². The number of nitrogens with one attached hydrogen (secondary N) is 2. The van der Waals surface area contributed by atoms with Gasteiger partial charge in [0.2, 0.25) is 0 Å². The fourth-order valence-corrected chi connectivity index (χ4v) is 4.91. The van der Waals surface area contributed by atoms with Crippen LogP contribution in [0.2, 0.25) is 0 Å². The van der Waals surface area contributed by atoms with Crippen molar-refractivity contribution in [3.63, 3.8) is 0 Å². The molecule has 1 amide bonds. The number of halogens is 7. The van der Waals surface area contributed by atoms with Crippen LogP contribution in [-0.4, -0.2) is 89.0 Å². The first kappa shape index (κ1) is 60.0. The first-order valence-corrected chi connectivity index (χ1v) is 23.7. The number of alkyl carbamates (subject to hydrolysis) is 1. The zero-order valence-corrected chi connectivity index (χ0v) is 46.9. The topological polar surface area (TPSA) is 196 Å².